The maximum absolute atomic E-state index is 12.1. The van der Waals surface area contributed by atoms with Crippen LogP contribution in [0.15, 0.2) is 41.0 Å². The first-order valence-corrected chi connectivity index (χ1v) is 8.77. The van der Waals surface area contributed by atoms with Gasteiger partial charge >= 0.3 is 0 Å². The van der Waals surface area contributed by atoms with Crippen molar-refractivity contribution in [2.75, 3.05) is 10.6 Å². The maximum atomic E-state index is 12.1. The van der Waals surface area contributed by atoms with Crippen molar-refractivity contribution in [2.45, 2.75) is 20.0 Å². The summed E-state index contributed by atoms with van der Waals surface area (Å²) in [7, 11) is 0. The summed E-state index contributed by atoms with van der Waals surface area (Å²) in [6.07, 6.45) is 0.926. The minimum atomic E-state index is -0.516. The molecule has 0 aliphatic carbocycles. The third-order valence-corrected chi connectivity index (χ3v) is 4.83. The van der Waals surface area contributed by atoms with E-state index in [1.54, 1.807) is 25.1 Å². The Morgan fingerprint density at radius 1 is 1.35 bits per heavy atom. The van der Waals surface area contributed by atoms with Crippen molar-refractivity contribution < 1.29 is 18.7 Å². The molecular formula is C18H15N3O4S. The molecule has 3 aromatic rings. The summed E-state index contributed by atoms with van der Waals surface area (Å²) in [5.74, 6) is 0.314. The van der Waals surface area contributed by atoms with Gasteiger partial charge in [0, 0.05) is 10.4 Å². The van der Waals surface area contributed by atoms with E-state index in [1.807, 2.05) is 19.1 Å². The van der Waals surface area contributed by atoms with E-state index >= 15 is 0 Å². The highest BCUT2D eigenvalue weighted by Gasteiger charge is 2.24. The van der Waals surface area contributed by atoms with E-state index in [0.717, 1.165) is 16.1 Å². The number of nitrogens with one attached hydrogen (secondary N) is 2. The Labute approximate surface area is 153 Å². The lowest BCUT2D eigenvalue weighted by atomic mass is 10.1. The zero-order valence-electron chi connectivity index (χ0n) is 14.0. The molecule has 0 spiro atoms. The van der Waals surface area contributed by atoms with Crippen LogP contribution in [-0.4, -0.2) is 22.9 Å². The fourth-order valence-corrected chi connectivity index (χ4v) is 3.47. The molecule has 26 heavy (non-hydrogen) atoms. The zero-order valence-corrected chi connectivity index (χ0v) is 14.8. The average Bonchev–Trinajstić information content (AvgIpc) is 3.25. The number of nitrogens with zero attached hydrogens (tertiary/aromatic N) is 1. The number of furan rings is 1. The number of fused-ring (bicyclic) bond motifs is 1. The van der Waals surface area contributed by atoms with E-state index in [-0.39, 0.29) is 17.6 Å². The van der Waals surface area contributed by atoms with Gasteiger partial charge in [0.05, 0.1) is 17.6 Å². The summed E-state index contributed by atoms with van der Waals surface area (Å²) in [6, 6.07) is 8.74. The number of aromatic nitrogens is 1. The van der Waals surface area contributed by atoms with Crippen LogP contribution >= 0.6 is 11.3 Å². The summed E-state index contributed by atoms with van der Waals surface area (Å²) in [6.45, 7) is 3.62. The number of carbonyl (C=O) groups is 2. The van der Waals surface area contributed by atoms with E-state index in [9.17, 15) is 9.59 Å². The fourth-order valence-electron chi connectivity index (χ4n) is 2.64. The standard InChI is InChI=1S/C18H15N3O4S/c1-9-16(22)19-12-8-11(5-6-13(12)25-9)15-10(2)26-18(20-15)21-17(23)14-4-3-7-24-14/h3-9H,1-2H3,(H,19,22)(H,20,21,23)/t9-/m0/s1. The van der Waals surface area contributed by atoms with E-state index in [2.05, 4.69) is 15.6 Å². The second-order valence-corrected chi connectivity index (χ2v) is 7.02. The fraction of sp³-hybridized carbons (Fsp3) is 0.167. The number of anilines is 2. The van der Waals surface area contributed by atoms with Gasteiger partial charge in [-0.1, -0.05) is 0 Å². The molecule has 2 N–H and O–H groups in total. The number of carbonyl (C=O) groups excluding carboxylic acids is 2. The predicted molar refractivity (Wildman–Crippen MR) is 97.7 cm³/mol. The number of rotatable bonds is 3. The predicted octanol–water partition coefficient (Wildman–Crippen LogP) is 3.68. The highest BCUT2D eigenvalue weighted by Crippen LogP contribution is 2.37. The monoisotopic (exact) mass is 369 g/mol. The lowest BCUT2D eigenvalue weighted by Crippen LogP contribution is -2.34. The van der Waals surface area contributed by atoms with Crippen LogP contribution in [0.4, 0.5) is 10.8 Å². The van der Waals surface area contributed by atoms with E-state index in [4.69, 9.17) is 9.15 Å². The SMILES string of the molecule is Cc1sc(NC(=O)c2ccco2)nc1-c1ccc2c(c1)NC(=O)[C@H](C)O2. The molecule has 2 aromatic heterocycles. The Morgan fingerprint density at radius 3 is 2.96 bits per heavy atom. The second-order valence-electron chi connectivity index (χ2n) is 5.82. The number of hydrogen-bond donors (Lipinski definition) is 2. The number of amides is 2. The average molecular weight is 369 g/mol. The molecule has 1 aliphatic heterocycles. The number of thiazole rings is 1. The molecule has 3 heterocycles. The van der Waals surface area contributed by atoms with Crippen LogP contribution in [0.25, 0.3) is 11.3 Å². The van der Waals surface area contributed by atoms with Crippen molar-refractivity contribution in [3.05, 3.63) is 47.2 Å². The van der Waals surface area contributed by atoms with Crippen molar-refractivity contribution in [1.29, 1.82) is 0 Å². The van der Waals surface area contributed by atoms with Crippen molar-refractivity contribution in [3.63, 3.8) is 0 Å². The Bertz CT molecular complexity index is 994. The largest absolute Gasteiger partial charge is 0.479 e. The zero-order chi connectivity index (χ0) is 18.3. The second kappa shape index (κ2) is 6.30. The minimum Gasteiger partial charge on any atom is -0.479 e. The van der Waals surface area contributed by atoms with Gasteiger partial charge in [0.1, 0.15) is 5.75 Å². The summed E-state index contributed by atoms with van der Waals surface area (Å²) < 4.78 is 10.6. The van der Waals surface area contributed by atoms with Gasteiger partial charge in [-0.2, -0.15) is 0 Å². The smallest absolute Gasteiger partial charge is 0.293 e. The molecule has 132 valence electrons. The lowest BCUT2D eigenvalue weighted by Gasteiger charge is -2.23. The summed E-state index contributed by atoms with van der Waals surface area (Å²) >= 11 is 1.37. The van der Waals surface area contributed by atoms with Crippen LogP contribution in [0.3, 0.4) is 0 Å². The van der Waals surface area contributed by atoms with Gasteiger partial charge in [-0.15, -0.1) is 11.3 Å². The van der Waals surface area contributed by atoms with Crippen molar-refractivity contribution in [2.24, 2.45) is 0 Å². The molecule has 2 amide bonds. The third kappa shape index (κ3) is 2.95. The number of aryl methyl sites for hydroxylation is 1. The number of benzene rings is 1. The maximum Gasteiger partial charge on any atom is 0.293 e. The van der Waals surface area contributed by atoms with Gasteiger partial charge in [-0.3, -0.25) is 14.9 Å². The Balaban J connectivity index is 1.61. The molecule has 7 nitrogen and oxygen atoms in total. The summed E-state index contributed by atoms with van der Waals surface area (Å²) in [5, 5.41) is 6.03. The first-order valence-electron chi connectivity index (χ1n) is 7.95. The van der Waals surface area contributed by atoms with E-state index in [1.165, 1.54) is 17.6 Å². The molecule has 0 fully saturated rings. The Morgan fingerprint density at radius 2 is 2.19 bits per heavy atom. The number of ether oxygens (including phenoxy) is 1. The highest BCUT2D eigenvalue weighted by atomic mass is 32.1. The van der Waals surface area contributed by atoms with Gasteiger partial charge in [0.25, 0.3) is 11.8 Å². The van der Waals surface area contributed by atoms with Crippen LogP contribution in [0.2, 0.25) is 0 Å². The summed E-state index contributed by atoms with van der Waals surface area (Å²) in [4.78, 5) is 29.3. The van der Waals surface area contributed by atoms with Crippen molar-refractivity contribution in [1.82, 2.24) is 4.98 Å². The molecule has 1 aliphatic rings. The van der Waals surface area contributed by atoms with Gasteiger partial charge in [-0.05, 0) is 44.2 Å². The van der Waals surface area contributed by atoms with Crippen LogP contribution in [-0.2, 0) is 4.79 Å². The number of hydrogen-bond acceptors (Lipinski definition) is 6. The first-order chi connectivity index (χ1) is 12.5. The normalized spacial score (nSPS) is 15.8. The van der Waals surface area contributed by atoms with E-state index in [0.29, 0.717) is 16.6 Å². The van der Waals surface area contributed by atoms with Gasteiger partial charge in [-0.25, -0.2) is 4.98 Å². The molecule has 4 rings (SSSR count). The van der Waals surface area contributed by atoms with Crippen LogP contribution in [0, 0.1) is 6.92 Å². The molecule has 0 saturated heterocycles. The van der Waals surface area contributed by atoms with Gasteiger partial charge in [0.15, 0.2) is 17.0 Å². The molecule has 0 bridgehead atoms. The molecular weight excluding hydrogens is 354 g/mol. The van der Waals surface area contributed by atoms with Crippen LogP contribution < -0.4 is 15.4 Å². The molecule has 8 heteroatoms. The topological polar surface area (TPSA) is 93.5 Å². The highest BCUT2D eigenvalue weighted by molar-refractivity contribution is 7.16. The molecule has 0 saturated carbocycles. The molecule has 0 radical (unpaired) electrons. The van der Waals surface area contributed by atoms with Gasteiger partial charge < -0.3 is 14.5 Å². The van der Waals surface area contributed by atoms with Crippen LogP contribution in [0.5, 0.6) is 5.75 Å². The van der Waals surface area contributed by atoms with Crippen molar-refractivity contribution >= 4 is 34.0 Å². The Hall–Kier alpha value is -3.13. The quantitative estimate of drug-likeness (QED) is 0.734. The molecule has 1 atom stereocenters. The lowest BCUT2D eigenvalue weighted by molar-refractivity contribution is -0.122. The van der Waals surface area contributed by atoms with E-state index < -0.39 is 6.10 Å². The van der Waals surface area contributed by atoms with Gasteiger partial charge in [0.2, 0.25) is 0 Å². The third-order valence-electron chi connectivity index (χ3n) is 3.95. The first kappa shape index (κ1) is 16.3. The van der Waals surface area contributed by atoms with Crippen molar-refractivity contribution in [3.8, 4) is 17.0 Å². The molecule has 1 aromatic carbocycles. The van der Waals surface area contributed by atoms with Crippen LogP contribution in [0.1, 0.15) is 22.4 Å². The Kier molecular flexibility index (Phi) is 3.96. The summed E-state index contributed by atoms with van der Waals surface area (Å²) in [5.41, 5.74) is 2.18. The minimum absolute atomic E-state index is 0.184. The molecule has 0 unspecified atom stereocenters.